The molecule has 0 aliphatic carbocycles. The van der Waals surface area contributed by atoms with Crippen molar-refractivity contribution in [1.82, 2.24) is 9.88 Å². The minimum atomic E-state index is 0.358. The van der Waals surface area contributed by atoms with Crippen molar-refractivity contribution in [2.45, 2.75) is 25.5 Å². The van der Waals surface area contributed by atoms with E-state index in [0.29, 0.717) is 6.10 Å². The fourth-order valence-corrected chi connectivity index (χ4v) is 3.12. The van der Waals surface area contributed by atoms with Crippen molar-refractivity contribution in [1.29, 1.82) is 0 Å². The van der Waals surface area contributed by atoms with Gasteiger partial charge in [-0.2, -0.15) is 0 Å². The maximum atomic E-state index is 6.46. The third kappa shape index (κ3) is 2.64. The van der Waals surface area contributed by atoms with E-state index in [1.807, 2.05) is 12.1 Å². The highest BCUT2D eigenvalue weighted by Crippen LogP contribution is 2.28. The molecule has 1 aromatic carbocycles. The van der Waals surface area contributed by atoms with E-state index in [0.717, 1.165) is 47.7 Å². The first kappa shape index (κ1) is 13.0. The average Bonchev–Trinajstić information content (AvgIpc) is 2.76. The van der Waals surface area contributed by atoms with Crippen LogP contribution in [-0.2, 0) is 11.3 Å². The highest BCUT2D eigenvalue weighted by Gasteiger charge is 2.21. The Labute approximate surface area is 118 Å². The van der Waals surface area contributed by atoms with Gasteiger partial charge in [0.2, 0.25) is 0 Å². The van der Waals surface area contributed by atoms with Crippen molar-refractivity contribution in [3.63, 3.8) is 0 Å². The van der Waals surface area contributed by atoms with E-state index in [2.05, 4.69) is 22.0 Å². The molecule has 1 fully saturated rings. The zero-order chi connectivity index (χ0) is 13.2. The third-order valence-electron chi connectivity index (χ3n) is 3.89. The van der Waals surface area contributed by atoms with Gasteiger partial charge < -0.3 is 9.72 Å². The summed E-state index contributed by atoms with van der Waals surface area (Å²) in [6.45, 7) is 2.97. The van der Waals surface area contributed by atoms with E-state index in [1.165, 1.54) is 6.42 Å². The zero-order valence-corrected chi connectivity index (χ0v) is 11.9. The minimum absolute atomic E-state index is 0.358. The Morgan fingerprint density at radius 2 is 2.26 bits per heavy atom. The summed E-state index contributed by atoms with van der Waals surface area (Å²) in [5.41, 5.74) is 2.22. The van der Waals surface area contributed by atoms with E-state index in [-0.39, 0.29) is 0 Å². The van der Waals surface area contributed by atoms with Crippen molar-refractivity contribution in [2.75, 3.05) is 20.2 Å². The summed E-state index contributed by atoms with van der Waals surface area (Å²) in [6, 6.07) is 8.18. The van der Waals surface area contributed by atoms with Crippen LogP contribution in [0.4, 0.5) is 0 Å². The van der Waals surface area contributed by atoms with E-state index >= 15 is 0 Å². The van der Waals surface area contributed by atoms with Gasteiger partial charge in [-0.05, 0) is 25.5 Å². The first-order valence-corrected chi connectivity index (χ1v) is 7.16. The second-order valence-electron chi connectivity index (χ2n) is 5.20. The third-order valence-corrected chi connectivity index (χ3v) is 4.32. The Kier molecular flexibility index (Phi) is 3.78. The quantitative estimate of drug-likeness (QED) is 0.932. The molecule has 2 heterocycles. The van der Waals surface area contributed by atoms with Crippen molar-refractivity contribution in [2.24, 2.45) is 0 Å². The molecule has 1 N–H and O–H groups in total. The number of ether oxygens (including phenoxy) is 1. The van der Waals surface area contributed by atoms with Crippen LogP contribution >= 0.6 is 11.6 Å². The molecule has 1 saturated heterocycles. The van der Waals surface area contributed by atoms with E-state index in [4.69, 9.17) is 16.3 Å². The number of piperidine rings is 1. The van der Waals surface area contributed by atoms with Crippen LogP contribution in [0.3, 0.4) is 0 Å². The van der Waals surface area contributed by atoms with Gasteiger partial charge in [-0.15, -0.1) is 0 Å². The maximum absolute atomic E-state index is 6.46. The van der Waals surface area contributed by atoms with Gasteiger partial charge in [0.25, 0.3) is 0 Å². The van der Waals surface area contributed by atoms with Crippen LogP contribution in [-0.4, -0.2) is 36.2 Å². The number of fused-ring (bicyclic) bond motifs is 1. The largest absolute Gasteiger partial charge is 0.380 e. The summed E-state index contributed by atoms with van der Waals surface area (Å²) in [5.74, 6) is 0. The predicted octanol–water partition coefficient (Wildman–Crippen LogP) is 3.43. The molecule has 2 aromatic rings. The lowest BCUT2D eigenvalue weighted by atomic mass is 10.1. The molecule has 1 aliphatic rings. The highest BCUT2D eigenvalue weighted by atomic mass is 35.5. The van der Waals surface area contributed by atoms with Gasteiger partial charge in [0.15, 0.2) is 0 Å². The molecule has 1 aromatic heterocycles. The molecule has 0 saturated carbocycles. The molecule has 0 spiro atoms. The van der Waals surface area contributed by atoms with Gasteiger partial charge in [-0.25, -0.2) is 0 Å². The maximum Gasteiger partial charge on any atom is 0.0705 e. The zero-order valence-electron chi connectivity index (χ0n) is 11.2. The number of para-hydroxylation sites is 1. The SMILES string of the molecule is CO[C@@H]1CCCN(Cc2[nH]c3ccccc3c2Cl)C1. The summed E-state index contributed by atoms with van der Waals surface area (Å²) in [5, 5.41) is 1.97. The highest BCUT2D eigenvalue weighted by molar-refractivity contribution is 6.36. The van der Waals surface area contributed by atoms with Crippen LogP contribution in [0.25, 0.3) is 10.9 Å². The lowest BCUT2D eigenvalue weighted by Gasteiger charge is -2.31. The minimum Gasteiger partial charge on any atom is -0.380 e. The number of nitrogens with one attached hydrogen (secondary N) is 1. The van der Waals surface area contributed by atoms with Gasteiger partial charge in [-0.3, -0.25) is 4.90 Å². The number of halogens is 1. The standard InChI is InChI=1S/C15H19ClN2O/c1-19-11-5-4-8-18(9-11)10-14-15(16)12-6-2-3-7-13(12)17-14/h2-3,6-7,11,17H,4-5,8-10H2,1H3/t11-/m1/s1. The molecular weight excluding hydrogens is 260 g/mol. The normalized spacial score (nSPS) is 21.1. The van der Waals surface area contributed by atoms with Crippen LogP contribution < -0.4 is 0 Å². The number of methoxy groups -OCH3 is 1. The number of aromatic nitrogens is 1. The number of aromatic amines is 1. The number of benzene rings is 1. The van der Waals surface area contributed by atoms with Crippen molar-refractivity contribution >= 4 is 22.5 Å². The summed E-state index contributed by atoms with van der Waals surface area (Å²) >= 11 is 6.46. The Balaban J connectivity index is 1.79. The molecule has 102 valence electrons. The molecule has 19 heavy (non-hydrogen) atoms. The van der Waals surface area contributed by atoms with Crippen LogP contribution in [0.5, 0.6) is 0 Å². The number of hydrogen-bond acceptors (Lipinski definition) is 2. The van der Waals surface area contributed by atoms with Gasteiger partial charge in [-0.1, -0.05) is 29.8 Å². The molecule has 3 nitrogen and oxygen atoms in total. The first-order valence-electron chi connectivity index (χ1n) is 6.78. The van der Waals surface area contributed by atoms with E-state index in [1.54, 1.807) is 7.11 Å². The lowest BCUT2D eigenvalue weighted by Crippen LogP contribution is -2.38. The van der Waals surface area contributed by atoms with Crippen LogP contribution in [0, 0.1) is 0 Å². The molecule has 0 radical (unpaired) electrons. The molecule has 1 aliphatic heterocycles. The monoisotopic (exact) mass is 278 g/mol. The fourth-order valence-electron chi connectivity index (χ4n) is 2.85. The van der Waals surface area contributed by atoms with Crippen molar-refractivity contribution in [3.8, 4) is 0 Å². The number of likely N-dealkylation sites (tertiary alicyclic amines) is 1. The number of hydrogen-bond donors (Lipinski definition) is 1. The number of nitrogens with zero attached hydrogens (tertiary/aromatic N) is 1. The molecule has 0 unspecified atom stereocenters. The smallest absolute Gasteiger partial charge is 0.0705 e. The summed E-state index contributed by atoms with van der Waals surface area (Å²) in [4.78, 5) is 5.84. The molecule has 4 heteroatoms. The van der Waals surface area contributed by atoms with Gasteiger partial charge in [0, 0.05) is 36.8 Å². The topological polar surface area (TPSA) is 28.3 Å². The Bertz CT molecular complexity index is 566. The van der Waals surface area contributed by atoms with Crippen molar-refractivity contribution in [3.05, 3.63) is 35.0 Å². The Morgan fingerprint density at radius 3 is 3.05 bits per heavy atom. The summed E-state index contributed by atoms with van der Waals surface area (Å²) in [7, 11) is 1.80. The van der Waals surface area contributed by atoms with Crippen molar-refractivity contribution < 1.29 is 4.74 Å². The molecule has 3 rings (SSSR count). The number of H-pyrrole nitrogens is 1. The van der Waals surface area contributed by atoms with Gasteiger partial charge in [0.05, 0.1) is 11.1 Å². The lowest BCUT2D eigenvalue weighted by molar-refractivity contribution is 0.0282. The second-order valence-corrected chi connectivity index (χ2v) is 5.58. The van der Waals surface area contributed by atoms with E-state index < -0.39 is 0 Å². The fraction of sp³-hybridized carbons (Fsp3) is 0.467. The average molecular weight is 279 g/mol. The summed E-state index contributed by atoms with van der Waals surface area (Å²) in [6.07, 6.45) is 2.71. The Hall–Kier alpha value is -1.03. The van der Waals surface area contributed by atoms with Crippen LogP contribution in [0.2, 0.25) is 5.02 Å². The first-order chi connectivity index (χ1) is 9.28. The molecule has 0 amide bonds. The summed E-state index contributed by atoms with van der Waals surface area (Å²) < 4.78 is 5.46. The van der Waals surface area contributed by atoms with Crippen LogP contribution in [0.1, 0.15) is 18.5 Å². The van der Waals surface area contributed by atoms with Crippen LogP contribution in [0.15, 0.2) is 24.3 Å². The molecular formula is C15H19ClN2O. The van der Waals surface area contributed by atoms with Gasteiger partial charge >= 0.3 is 0 Å². The number of rotatable bonds is 3. The Morgan fingerprint density at radius 1 is 1.42 bits per heavy atom. The van der Waals surface area contributed by atoms with E-state index in [9.17, 15) is 0 Å². The van der Waals surface area contributed by atoms with Gasteiger partial charge in [0.1, 0.15) is 0 Å². The molecule has 0 bridgehead atoms. The second kappa shape index (κ2) is 5.53. The molecule has 1 atom stereocenters. The predicted molar refractivity (Wildman–Crippen MR) is 78.6 cm³/mol.